The molecule has 0 aromatic heterocycles. The molecule has 3 amide bonds. The molecule has 0 spiro atoms. The lowest BCUT2D eigenvalue weighted by Crippen LogP contribution is -2.49. The van der Waals surface area contributed by atoms with Crippen LogP contribution in [0, 0.1) is 5.41 Å². The van der Waals surface area contributed by atoms with E-state index in [0.29, 0.717) is 13.0 Å². The van der Waals surface area contributed by atoms with Crippen molar-refractivity contribution in [3.8, 4) is 0 Å². The second-order valence-electron chi connectivity index (χ2n) is 7.71. The third-order valence-electron chi connectivity index (χ3n) is 4.16. The molecule has 132 valence electrons. The smallest absolute Gasteiger partial charge is 0.315 e. The molecule has 5 nitrogen and oxygen atoms in total. The summed E-state index contributed by atoms with van der Waals surface area (Å²) in [5.74, 6) is 0.217. The van der Waals surface area contributed by atoms with Gasteiger partial charge < -0.3 is 15.5 Å². The zero-order valence-corrected chi connectivity index (χ0v) is 15.0. The lowest BCUT2D eigenvalue weighted by Gasteiger charge is -2.34. The SMILES string of the molecule is CC(C)(C)CC(=O)N1CCC(NC(=O)NCc2ccccc2)CC1. The average Bonchev–Trinajstić information content (AvgIpc) is 2.53. The largest absolute Gasteiger partial charge is 0.343 e. The highest BCUT2D eigenvalue weighted by Gasteiger charge is 2.26. The fourth-order valence-corrected chi connectivity index (χ4v) is 2.85. The molecular formula is C19H29N3O2. The van der Waals surface area contributed by atoms with E-state index in [1.54, 1.807) is 0 Å². The molecule has 24 heavy (non-hydrogen) atoms. The number of carbonyl (C=O) groups excluding carboxylic acids is 2. The molecule has 1 aliphatic rings. The van der Waals surface area contributed by atoms with Crippen molar-refractivity contribution in [1.82, 2.24) is 15.5 Å². The van der Waals surface area contributed by atoms with Gasteiger partial charge in [0.2, 0.25) is 5.91 Å². The quantitative estimate of drug-likeness (QED) is 0.891. The molecule has 2 N–H and O–H groups in total. The van der Waals surface area contributed by atoms with E-state index in [4.69, 9.17) is 0 Å². The van der Waals surface area contributed by atoms with Crippen LogP contribution in [-0.2, 0) is 11.3 Å². The standard InChI is InChI=1S/C19H29N3O2/c1-19(2,3)13-17(23)22-11-9-16(10-12-22)21-18(24)20-14-15-7-5-4-6-8-15/h4-8,16H,9-14H2,1-3H3,(H2,20,21,24). The van der Waals surface area contributed by atoms with Crippen LogP contribution in [-0.4, -0.2) is 36.0 Å². The number of rotatable bonds is 4. The van der Waals surface area contributed by atoms with Gasteiger partial charge in [-0.25, -0.2) is 4.79 Å². The lowest BCUT2D eigenvalue weighted by atomic mass is 9.91. The first kappa shape index (κ1) is 18.3. The summed E-state index contributed by atoms with van der Waals surface area (Å²) in [6.07, 6.45) is 2.20. The summed E-state index contributed by atoms with van der Waals surface area (Å²) in [7, 11) is 0. The maximum Gasteiger partial charge on any atom is 0.315 e. The molecule has 1 aromatic carbocycles. The molecule has 0 atom stereocenters. The zero-order chi connectivity index (χ0) is 17.6. The van der Waals surface area contributed by atoms with Gasteiger partial charge in [0, 0.05) is 32.1 Å². The minimum Gasteiger partial charge on any atom is -0.343 e. The molecule has 5 heteroatoms. The zero-order valence-electron chi connectivity index (χ0n) is 15.0. The van der Waals surface area contributed by atoms with Gasteiger partial charge in [-0.3, -0.25) is 4.79 Å². The summed E-state index contributed by atoms with van der Waals surface area (Å²) >= 11 is 0. The molecular weight excluding hydrogens is 302 g/mol. The third kappa shape index (κ3) is 6.22. The Morgan fingerprint density at radius 1 is 1.12 bits per heavy atom. The molecule has 0 aliphatic carbocycles. The first-order valence-electron chi connectivity index (χ1n) is 8.69. The number of amides is 3. The van der Waals surface area contributed by atoms with Crippen LogP contribution in [0.5, 0.6) is 0 Å². The van der Waals surface area contributed by atoms with Gasteiger partial charge in [-0.2, -0.15) is 0 Å². The number of benzene rings is 1. The maximum absolute atomic E-state index is 12.2. The van der Waals surface area contributed by atoms with Crippen molar-refractivity contribution in [2.24, 2.45) is 5.41 Å². The summed E-state index contributed by atoms with van der Waals surface area (Å²) in [5, 5.41) is 5.89. The molecule has 1 fully saturated rings. The summed E-state index contributed by atoms with van der Waals surface area (Å²) in [6, 6.07) is 9.84. The van der Waals surface area contributed by atoms with Crippen LogP contribution in [0.15, 0.2) is 30.3 Å². The van der Waals surface area contributed by atoms with Gasteiger partial charge >= 0.3 is 6.03 Å². The van der Waals surface area contributed by atoms with E-state index in [1.807, 2.05) is 35.2 Å². The number of nitrogens with zero attached hydrogens (tertiary/aromatic N) is 1. The van der Waals surface area contributed by atoms with Crippen LogP contribution in [0.2, 0.25) is 0 Å². The Bertz CT molecular complexity index is 543. The van der Waals surface area contributed by atoms with E-state index < -0.39 is 0 Å². The Balaban J connectivity index is 1.69. The fourth-order valence-electron chi connectivity index (χ4n) is 2.85. The van der Waals surface area contributed by atoms with E-state index in [2.05, 4.69) is 31.4 Å². The Hall–Kier alpha value is -2.04. The number of hydrogen-bond donors (Lipinski definition) is 2. The molecule has 0 bridgehead atoms. The van der Waals surface area contributed by atoms with Crippen molar-refractivity contribution in [3.63, 3.8) is 0 Å². The topological polar surface area (TPSA) is 61.4 Å². The predicted molar refractivity (Wildman–Crippen MR) is 95.5 cm³/mol. The molecule has 0 radical (unpaired) electrons. The highest BCUT2D eigenvalue weighted by molar-refractivity contribution is 5.77. The monoisotopic (exact) mass is 331 g/mol. The van der Waals surface area contributed by atoms with Gasteiger partial charge in [0.1, 0.15) is 0 Å². The van der Waals surface area contributed by atoms with Crippen LogP contribution in [0.1, 0.15) is 45.6 Å². The first-order valence-corrected chi connectivity index (χ1v) is 8.69. The molecule has 1 saturated heterocycles. The normalized spacial score (nSPS) is 15.9. The first-order chi connectivity index (χ1) is 11.3. The summed E-state index contributed by atoms with van der Waals surface area (Å²) in [5.41, 5.74) is 1.10. The van der Waals surface area contributed by atoms with Crippen molar-refractivity contribution >= 4 is 11.9 Å². The maximum atomic E-state index is 12.2. The summed E-state index contributed by atoms with van der Waals surface area (Å²) in [6.45, 7) is 8.20. The van der Waals surface area contributed by atoms with E-state index >= 15 is 0 Å². The minimum atomic E-state index is -0.140. The molecule has 1 aliphatic heterocycles. The van der Waals surface area contributed by atoms with Crippen LogP contribution < -0.4 is 10.6 Å². The van der Waals surface area contributed by atoms with Gasteiger partial charge in [0.05, 0.1) is 0 Å². The Kier molecular flexibility index (Phi) is 6.23. The number of carbonyl (C=O) groups is 2. The molecule has 1 aromatic rings. The van der Waals surface area contributed by atoms with Gasteiger partial charge in [-0.05, 0) is 23.8 Å². The Morgan fingerprint density at radius 3 is 2.33 bits per heavy atom. The van der Waals surface area contributed by atoms with Crippen LogP contribution >= 0.6 is 0 Å². The van der Waals surface area contributed by atoms with E-state index in [-0.39, 0.29) is 23.4 Å². The minimum absolute atomic E-state index is 0.0174. The Labute approximate surface area is 144 Å². The second kappa shape index (κ2) is 8.18. The van der Waals surface area contributed by atoms with E-state index in [1.165, 1.54) is 0 Å². The molecule has 1 heterocycles. The summed E-state index contributed by atoms with van der Waals surface area (Å²) in [4.78, 5) is 26.1. The van der Waals surface area contributed by atoms with Crippen molar-refractivity contribution in [2.75, 3.05) is 13.1 Å². The van der Waals surface area contributed by atoms with Crippen LogP contribution in [0.25, 0.3) is 0 Å². The van der Waals surface area contributed by atoms with Crippen molar-refractivity contribution in [3.05, 3.63) is 35.9 Å². The highest BCUT2D eigenvalue weighted by Crippen LogP contribution is 2.21. The predicted octanol–water partition coefficient (Wildman–Crippen LogP) is 2.91. The van der Waals surface area contributed by atoms with Crippen molar-refractivity contribution in [2.45, 2.75) is 52.6 Å². The van der Waals surface area contributed by atoms with E-state index in [0.717, 1.165) is 31.5 Å². The average molecular weight is 331 g/mol. The second-order valence-corrected chi connectivity index (χ2v) is 7.71. The van der Waals surface area contributed by atoms with Crippen molar-refractivity contribution < 1.29 is 9.59 Å². The molecule has 0 unspecified atom stereocenters. The summed E-state index contributed by atoms with van der Waals surface area (Å²) < 4.78 is 0. The number of hydrogen-bond acceptors (Lipinski definition) is 2. The molecule has 2 rings (SSSR count). The number of urea groups is 1. The highest BCUT2D eigenvalue weighted by atomic mass is 16.2. The number of nitrogens with one attached hydrogen (secondary N) is 2. The fraction of sp³-hybridized carbons (Fsp3) is 0.579. The van der Waals surface area contributed by atoms with Crippen LogP contribution in [0.4, 0.5) is 4.79 Å². The molecule has 0 saturated carbocycles. The number of likely N-dealkylation sites (tertiary alicyclic amines) is 1. The van der Waals surface area contributed by atoms with Gasteiger partial charge in [0.15, 0.2) is 0 Å². The van der Waals surface area contributed by atoms with Crippen LogP contribution in [0.3, 0.4) is 0 Å². The number of piperidine rings is 1. The Morgan fingerprint density at radius 2 is 1.75 bits per heavy atom. The lowest BCUT2D eigenvalue weighted by molar-refractivity contribution is -0.134. The van der Waals surface area contributed by atoms with Gasteiger partial charge in [0.25, 0.3) is 0 Å². The van der Waals surface area contributed by atoms with Gasteiger partial charge in [-0.1, -0.05) is 51.1 Å². The third-order valence-corrected chi connectivity index (χ3v) is 4.16. The van der Waals surface area contributed by atoms with Crippen molar-refractivity contribution in [1.29, 1.82) is 0 Å². The van der Waals surface area contributed by atoms with Gasteiger partial charge in [-0.15, -0.1) is 0 Å². The van der Waals surface area contributed by atoms with E-state index in [9.17, 15) is 9.59 Å².